The number of hydrogen-bond acceptors (Lipinski definition) is 6. The van der Waals surface area contributed by atoms with Crippen LogP contribution < -0.4 is 4.74 Å². The van der Waals surface area contributed by atoms with Crippen molar-refractivity contribution in [1.29, 1.82) is 0 Å². The lowest BCUT2D eigenvalue weighted by molar-refractivity contribution is -0.384. The fourth-order valence-electron chi connectivity index (χ4n) is 2.76. The summed E-state index contributed by atoms with van der Waals surface area (Å²) in [7, 11) is 0. The minimum Gasteiger partial charge on any atom is -0.504 e. The van der Waals surface area contributed by atoms with Crippen molar-refractivity contribution in [2.75, 3.05) is 6.61 Å². The number of carbonyl (C=O) groups is 1. The number of rotatable bonds is 9. The smallest absolute Gasteiger partial charge is 0.330 e. The largest absolute Gasteiger partial charge is 0.504 e. The van der Waals surface area contributed by atoms with Gasteiger partial charge in [0.25, 0.3) is 5.69 Å². The lowest BCUT2D eigenvalue weighted by Crippen LogP contribution is -2.04. The highest BCUT2D eigenvalue weighted by atomic mass is 16.6. The van der Waals surface area contributed by atoms with Crippen LogP contribution in [0, 0.1) is 10.1 Å². The highest BCUT2D eigenvalue weighted by Crippen LogP contribution is 2.28. The number of aromatic hydroxyl groups is 1. The number of esters is 1. The molecule has 0 aliphatic heterocycles. The molecule has 0 atom stereocenters. The Bertz CT molecular complexity index is 1060. The Labute approximate surface area is 179 Å². The number of phenolic OH excluding ortho intramolecular Hbond substituents is 1. The molecule has 7 heteroatoms. The van der Waals surface area contributed by atoms with Gasteiger partial charge < -0.3 is 14.6 Å². The number of benzene rings is 3. The molecule has 3 rings (SSSR count). The fourth-order valence-corrected chi connectivity index (χ4v) is 2.76. The van der Waals surface area contributed by atoms with Crippen molar-refractivity contribution < 1.29 is 24.3 Å². The van der Waals surface area contributed by atoms with Crippen LogP contribution in [0.15, 0.2) is 78.9 Å². The highest BCUT2D eigenvalue weighted by Gasteiger charge is 2.07. The zero-order valence-corrected chi connectivity index (χ0v) is 16.6. The highest BCUT2D eigenvalue weighted by molar-refractivity contribution is 5.87. The van der Waals surface area contributed by atoms with Gasteiger partial charge in [0.15, 0.2) is 11.5 Å². The molecule has 3 aromatic rings. The molecule has 0 heterocycles. The van der Waals surface area contributed by atoms with Crippen LogP contribution in [0.1, 0.15) is 16.7 Å². The third-order valence-corrected chi connectivity index (χ3v) is 4.41. The van der Waals surface area contributed by atoms with E-state index in [4.69, 9.17) is 9.47 Å². The molecular weight excluding hydrogens is 398 g/mol. The van der Waals surface area contributed by atoms with E-state index in [1.807, 2.05) is 30.3 Å². The molecule has 0 aromatic heterocycles. The van der Waals surface area contributed by atoms with Crippen LogP contribution >= 0.6 is 0 Å². The molecule has 0 saturated carbocycles. The van der Waals surface area contributed by atoms with Gasteiger partial charge >= 0.3 is 5.97 Å². The van der Waals surface area contributed by atoms with Crippen molar-refractivity contribution >= 4 is 17.7 Å². The molecule has 0 aliphatic rings. The minimum absolute atomic E-state index is 0.00123. The van der Waals surface area contributed by atoms with Gasteiger partial charge in [0, 0.05) is 24.6 Å². The van der Waals surface area contributed by atoms with Gasteiger partial charge in [-0.25, -0.2) is 4.79 Å². The second kappa shape index (κ2) is 10.6. The zero-order chi connectivity index (χ0) is 22.1. The van der Waals surface area contributed by atoms with Gasteiger partial charge in [-0.05, 0) is 47.0 Å². The van der Waals surface area contributed by atoms with E-state index < -0.39 is 10.9 Å². The van der Waals surface area contributed by atoms with E-state index in [0.29, 0.717) is 12.0 Å². The first-order valence-electron chi connectivity index (χ1n) is 9.59. The van der Waals surface area contributed by atoms with Crippen LogP contribution in [0.25, 0.3) is 6.08 Å². The maximum Gasteiger partial charge on any atom is 0.330 e. The average molecular weight is 419 g/mol. The summed E-state index contributed by atoms with van der Waals surface area (Å²) in [5, 5.41) is 20.8. The summed E-state index contributed by atoms with van der Waals surface area (Å²) in [4.78, 5) is 22.1. The second-order valence-corrected chi connectivity index (χ2v) is 6.68. The third kappa shape index (κ3) is 6.71. The van der Waals surface area contributed by atoms with Gasteiger partial charge in [-0.15, -0.1) is 0 Å². The van der Waals surface area contributed by atoms with Crippen LogP contribution in [0.2, 0.25) is 0 Å². The van der Waals surface area contributed by atoms with Gasteiger partial charge in [0.2, 0.25) is 0 Å². The first kappa shape index (κ1) is 21.6. The number of phenols is 1. The Hall–Kier alpha value is -4.13. The summed E-state index contributed by atoms with van der Waals surface area (Å²) in [5.41, 5.74) is 2.43. The number of hydrogen-bond donors (Lipinski definition) is 1. The topological polar surface area (TPSA) is 98.9 Å². The van der Waals surface area contributed by atoms with Crippen molar-refractivity contribution in [2.45, 2.75) is 13.0 Å². The van der Waals surface area contributed by atoms with Gasteiger partial charge in [-0.2, -0.15) is 0 Å². The van der Waals surface area contributed by atoms with E-state index in [9.17, 15) is 20.0 Å². The van der Waals surface area contributed by atoms with E-state index in [0.717, 1.165) is 11.1 Å². The van der Waals surface area contributed by atoms with Crippen molar-refractivity contribution in [3.8, 4) is 11.5 Å². The van der Waals surface area contributed by atoms with Crippen LogP contribution in [-0.4, -0.2) is 22.6 Å². The van der Waals surface area contributed by atoms with Crippen LogP contribution in [0.5, 0.6) is 11.5 Å². The summed E-state index contributed by atoms with van der Waals surface area (Å²) < 4.78 is 10.7. The molecule has 3 aromatic carbocycles. The summed E-state index contributed by atoms with van der Waals surface area (Å²) >= 11 is 0. The predicted octanol–water partition coefficient (Wildman–Crippen LogP) is 4.68. The number of nitro groups is 1. The van der Waals surface area contributed by atoms with E-state index in [2.05, 4.69) is 0 Å². The van der Waals surface area contributed by atoms with Gasteiger partial charge in [0.1, 0.15) is 6.61 Å². The fraction of sp³-hybridized carbons (Fsp3) is 0.125. The Morgan fingerprint density at radius 2 is 1.74 bits per heavy atom. The quantitative estimate of drug-likeness (QED) is 0.234. The summed E-state index contributed by atoms with van der Waals surface area (Å²) in [6, 6.07) is 20.5. The molecule has 0 bridgehead atoms. The molecule has 0 fully saturated rings. The van der Waals surface area contributed by atoms with Crippen molar-refractivity contribution in [2.24, 2.45) is 0 Å². The monoisotopic (exact) mass is 419 g/mol. The van der Waals surface area contributed by atoms with E-state index >= 15 is 0 Å². The maximum absolute atomic E-state index is 11.8. The van der Waals surface area contributed by atoms with Crippen molar-refractivity contribution in [1.82, 2.24) is 0 Å². The van der Waals surface area contributed by atoms with E-state index in [-0.39, 0.29) is 30.4 Å². The molecule has 1 N–H and O–H groups in total. The SMILES string of the molecule is O=C(/C=C\c1ccc(OCc2ccc([N+](=O)[O-])cc2)c(O)c1)OCCc1ccccc1. The predicted molar refractivity (Wildman–Crippen MR) is 116 cm³/mol. The molecule has 0 amide bonds. The molecule has 0 spiro atoms. The summed E-state index contributed by atoms with van der Waals surface area (Å²) in [6.07, 6.45) is 3.49. The number of nitro benzene ring substituents is 1. The number of non-ortho nitro benzene ring substituents is 1. The van der Waals surface area contributed by atoms with Gasteiger partial charge in [-0.1, -0.05) is 36.4 Å². The lowest BCUT2D eigenvalue weighted by Gasteiger charge is -2.09. The standard InChI is InChI=1S/C24H21NO6/c26-22-16-19(9-13-24(27)30-15-14-18-4-2-1-3-5-18)8-12-23(22)31-17-20-6-10-21(11-7-20)25(28)29/h1-13,16,26H,14-15,17H2/b13-9-. The van der Waals surface area contributed by atoms with Crippen molar-refractivity contribution in [3.05, 3.63) is 106 Å². The summed E-state index contributed by atoms with van der Waals surface area (Å²) in [6.45, 7) is 0.433. The first-order chi connectivity index (χ1) is 15.0. The van der Waals surface area contributed by atoms with Crippen LogP contribution in [-0.2, 0) is 22.6 Å². The molecular formula is C24H21NO6. The molecule has 0 radical (unpaired) electrons. The molecule has 158 valence electrons. The van der Waals surface area contributed by atoms with Crippen LogP contribution in [0.3, 0.4) is 0 Å². The number of carbonyl (C=O) groups excluding carboxylic acids is 1. The molecule has 7 nitrogen and oxygen atoms in total. The molecule has 0 saturated heterocycles. The average Bonchev–Trinajstić information content (AvgIpc) is 2.78. The van der Waals surface area contributed by atoms with Gasteiger partial charge in [-0.3, -0.25) is 10.1 Å². The summed E-state index contributed by atoms with van der Waals surface area (Å²) in [5.74, 6) is -0.281. The lowest BCUT2D eigenvalue weighted by atomic mass is 10.2. The van der Waals surface area contributed by atoms with Crippen LogP contribution in [0.4, 0.5) is 5.69 Å². The Morgan fingerprint density at radius 3 is 2.42 bits per heavy atom. The Kier molecular flexibility index (Phi) is 7.37. The van der Waals surface area contributed by atoms with Crippen molar-refractivity contribution in [3.63, 3.8) is 0 Å². The maximum atomic E-state index is 11.8. The molecule has 0 unspecified atom stereocenters. The normalized spacial score (nSPS) is 10.7. The second-order valence-electron chi connectivity index (χ2n) is 6.68. The number of ether oxygens (including phenoxy) is 2. The minimum atomic E-state index is -0.470. The Morgan fingerprint density at radius 1 is 1.00 bits per heavy atom. The molecule has 31 heavy (non-hydrogen) atoms. The zero-order valence-electron chi connectivity index (χ0n) is 16.6. The molecule has 0 aliphatic carbocycles. The van der Waals surface area contributed by atoms with Gasteiger partial charge in [0.05, 0.1) is 11.5 Å². The third-order valence-electron chi connectivity index (χ3n) is 4.41. The Balaban J connectivity index is 1.49. The first-order valence-corrected chi connectivity index (χ1v) is 9.59. The van der Waals surface area contributed by atoms with E-state index in [1.54, 1.807) is 30.3 Å². The van der Waals surface area contributed by atoms with E-state index in [1.165, 1.54) is 24.3 Å². The number of nitrogens with zero attached hydrogens (tertiary/aromatic N) is 1.